The Hall–Kier alpha value is -2.93. The fraction of sp³-hybridized carbons (Fsp3) is 0.238. The van der Waals surface area contributed by atoms with Crippen LogP contribution in [0.25, 0.3) is 0 Å². The minimum atomic E-state index is -1.14. The van der Waals surface area contributed by atoms with Crippen molar-refractivity contribution in [3.63, 3.8) is 0 Å². The summed E-state index contributed by atoms with van der Waals surface area (Å²) in [7, 11) is 1.23. The van der Waals surface area contributed by atoms with E-state index in [4.69, 9.17) is 4.74 Å². The number of aryl methyl sites for hydroxylation is 2. The second-order valence-corrected chi connectivity index (χ2v) is 7.50. The van der Waals surface area contributed by atoms with Gasteiger partial charge in [0.1, 0.15) is 0 Å². The summed E-state index contributed by atoms with van der Waals surface area (Å²) in [5.41, 5.74) is 3.67. The summed E-state index contributed by atoms with van der Waals surface area (Å²) in [4.78, 5) is 41.7. The van der Waals surface area contributed by atoms with Crippen LogP contribution in [-0.4, -0.2) is 35.6 Å². The number of para-hydroxylation sites is 1. The van der Waals surface area contributed by atoms with Crippen LogP contribution >= 0.6 is 11.8 Å². The SMILES string of the molecule is COC(=O)C1C(=O)c2ccccc2N=C1SCC(=O)Nc1cc(C)cc(C)c1. The van der Waals surface area contributed by atoms with E-state index in [2.05, 4.69) is 10.3 Å². The number of aliphatic imine (C=N–C) groups is 1. The first-order valence-corrected chi connectivity index (χ1v) is 9.68. The third kappa shape index (κ3) is 4.31. The van der Waals surface area contributed by atoms with Crippen molar-refractivity contribution in [2.45, 2.75) is 13.8 Å². The summed E-state index contributed by atoms with van der Waals surface area (Å²) >= 11 is 1.07. The summed E-state index contributed by atoms with van der Waals surface area (Å²) in [6.45, 7) is 3.91. The van der Waals surface area contributed by atoms with Crippen molar-refractivity contribution < 1.29 is 19.1 Å². The maximum absolute atomic E-state index is 12.7. The van der Waals surface area contributed by atoms with Crippen LogP contribution in [0, 0.1) is 19.8 Å². The molecule has 0 aliphatic carbocycles. The number of nitrogens with zero attached hydrogens (tertiary/aromatic N) is 1. The van der Waals surface area contributed by atoms with Gasteiger partial charge in [0.15, 0.2) is 11.7 Å². The number of fused-ring (bicyclic) bond motifs is 1. The summed E-state index contributed by atoms with van der Waals surface area (Å²) in [5, 5.41) is 3.11. The van der Waals surface area contributed by atoms with Gasteiger partial charge in [-0.2, -0.15) is 0 Å². The highest BCUT2D eigenvalue weighted by Crippen LogP contribution is 2.32. The van der Waals surface area contributed by atoms with Gasteiger partial charge in [0.25, 0.3) is 0 Å². The third-order valence-corrected chi connectivity index (χ3v) is 5.23. The molecule has 0 spiro atoms. The van der Waals surface area contributed by atoms with Crippen molar-refractivity contribution >= 4 is 45.8 Å². The van der Waals surface area contributed by atoms with Gasteiger partial charge in [-0.05, 0) is 49.2 Å². The number of ketones is 1. The third-order valence-electron chi connectivity index (χ3n) is 4.20. The topological polar surface area (TPSA) is 84.8 Å². The number of carbonyl (C=O) groups is 3. The van der Waals surface area contributed by atoms with E-state index in [-0.39, 0.29) is 22.5 Å². The van der Waals surface area contributed by atoms with Crippen LogP contribution in [0.5, 0.6) is 0 Å². The molecule has 1 amide bonds. The summed E-state index contributed by atoms with van der Waals surface area (Å²) in [6, 6.07) is 12.6. The molecule has 6 nitrogen and oxygen atoms in total. The maximum Gasteiger partial charge on any atom is 0.323 e. The predicted molar refractivity (Wildman–Crippen MR) is 110 cm³/mol. The zero-order chi connectivity index (χ0) is 20.3. The molecule has 0 saturated heterocycles. The second-order valence-electron chi connectivity index (χ2n) is 6.50. The van der Waals surface area contributed by atoms with E-state index in [1.54, 1.807) is 24.3 Å². The number of nitrogens with one attached hydrogen (secondary N) is 1. The number of benzene rings is 2. The second kappa shape index (κ2) is 8.39. The molecular weight excluding hydrogens is 376 g/mol. The van der Waals surface area contributed by atoms with Crippen molar-refractivity contribution in [3.8, 4) is 0 Å². The van der Waals surface area contributed by atoms with Crippen LogP contribution in [0.3, 0.4) is 0 Å². The number of thioether (sulfide) groups is 1. The van der Waals surface area contributed by atoms with Gasteiger partial charge in [0, 0.05) is 11.3 Å². The standard InChI is InChI=1S/C21H20N2O4S/c1-12-8-13(2)10-14(9-12)22-17(24)11-28-20-18(21(26)27-3)19(25)15-6-4-5-7-16(15)23-20/h4-10,18H,11H2,1-3H3,(H,22,24). The quantitative estimate of drug-likeness (QED) is 0.629. The molecule has 3 rings (SSSR count). The van der Waals surface area contributed by atoms with Crippen molar-refractivity contribution in [3.05, 3.63) is 59.2 Å². The molecule has 0 saturated carbocycles. The van der Waals surface area contributed by atoms with E-state index < -0.39 is 11.9 Å². The van der Waals surface area contributed by atoms with Crippen LogP contribution in [-0.2, 0) is 14.3 Å². The molecule has 0 fully saturated rings. The lowest BCUT2D eigenvalue weighted by molar-refractivity contribution is -0.141. The molecule has 0 bridgehead atoms. The van der Waals surface area contributed by atoms with Crippen molar-refractivity contribution in [2.75, 3.05) is 18.2 Å². The van der Waals surface area contributed by atoms with Crippen molar-refractivity contribution in [1.82, 2.24) is 0 Å². The average Bonchev–Trinajstić information content (AvgIpc) is 2.65. The Morgan fingerprint density at radius 3 is 2.50 bits per heavy atom. The van der Waals surface area contributed by atoms with E-state index in [0.717, 1.165) is 22.9 Å². The van der Waals surface area contributed by atoms with Crippen LogP contribution in [0.2, 0.25) is 0 Å². The summed E-state index contributed by atoms with van der Waals surface area (Å²) < 4.78 is 4.78. The Morgan fingerprint density at radius 2 is 1.82 bits per heavy atom. The molecule has 0 radical (unpaired) electrons. The van der Waals surface area contributed by atoms with Gasteiger partial charge in [-0.15, -0.1) is 0 Å². The fourth-order valence-corrected chi connectivity index (χ4v) is 3.94. The van der Waals surface area contributed by atoms with Gasteiger partial charge in [0.2, 0.25) is 5.91 Å². The minimum Gasteiger partial charge on any atom is -0.468 e. The Balaban J connectivity index is 1.77. The monoisotopic (exact) mass is 396 g/mol. The number of rotatable bonds is 4. The zero-order valence-corrected chi connectivity index (χ0v) is 16.6. The zero-order valence-electron chi connectivity index (χ0n) is 15.8. The molecular formula is C21H20N2O4S. The smallest absolute Gasteiger partial charge is 0.323 e. The van der Waals surface area contributed by atoms with E-state index in [1.165, 1.54) is 7.11 Å². The van der Waals surface area contributed by atoms with Crippen LogP contribution in [0.1, 0.15) is 21.5 Å². The number of ether oxygens (including phenoxy) is 1. The van der Waals surface area contributed by atoms with Crippen LogP contribution < -0.4 is 5.32 Å². The van der Waals surface area contributed by atoms with Crippen LogP contribution in [0.15, 0.2) is 47.5 Å². The highest BCUT2D eigenvalue weighted by Gasteiger charge is 2.38. The largest absolute Gasteiger partial charge is 0.468 e. The first kappa shape index (κ1) is 19.8. The molecule has 2 aromatic rings. The number of esters is 1. The van der Waals surface area contributed by atoms with E-state index >= 15 is 0 Å². The lowest BCUT2D eigenvalue weighted by Crippen LogP contribution is -2.34. The molecule has 28 heavy (non-hydrogen) atoms. The predicted octanol–water partition coefficient (Wildman–Crippen LogP) is 3.69. The number of methoxy groups -OCH3 is 1. The van der Waals surface area contributed by atoms with Gasteiger partial charge >= 0.3 is 5.97 Å². The average molecular weight is 396 g/mol. The number of hydrogen-bond acceptors (Lipinski definition) is 6. The Labute approximate surface area is 167 Å². The minimum absolute atomic E-state index is 0.0226. The lowest BCUT2D eigenvalue weighted by atomic mass is 9.94. The Morgan fingerprint density at radius 1 is 1.14 bits per heavy atom. The van der Waals surface area contributed by atoms with Crippen molar-refractivity contribution in [2.24, 2.45) is 10.9 Å². The molecule has 7 heteroatoms. The molecule has 1 atom stereocenters. The van der Waals surface area contributed by atoms with Gasteiger partial charge in [-0.3, -0.25) is 14.4 Å². The van der Waals surface area contributed by atoms with Gasteiger partial charge in [-0.25, -0.2) is 4.99 Å². The normalized spacial score (nSPS) is 15.5. The first-order chi connectivity index (χ1) is 13.4. The highest BCUT2D eigenvalue weighted by molar-refractivity contribution is 8.14. The van der Waals surface area contributed by atoms with E-state index in [9.17, 15) is 14.4 Å². The van der Waals surface area contributed by atoms with E-state index in [1.807, 2.05) is 32.0 Å². The van der Waals surface area contributed by atoms with Gasteiger partial charge < -0.3 is 10.1 Å². The molecule has 0 aromatic heterocycles. The lowest BCUT2D eigenvalue weighted by Gasteiger charge is -2.21. The molecule has 1 unspecified atom stereocenters. The summed E-state index contributed by atoms with van der Waals surface area (Å²) in [6.07, 6.45) is 0. The first-order valence-electron chi connectivity index (χ1n) is 8.69. The van der Waals surface area contributed by atoms with Gasteiger partial charge in [-0.1, -0.05) is 30.0 Å². The molecule has 1 aliphatic heterocycles. The number of carbonyl (C=O) groups excluding carboxylic acids is 3. The summed E-state index contributed by atoms with van der Waals surface area (Å²) in [5.74, 6) is -2.41. The number of anilines is 1. The molecule has 144 valence electrons. The molecule has 1 aliphatic rings. The molecule has 1 N–H and O–H groups in total. The Bertz CT molecular complexity index is 964. The number of amides is 1. The van der Waals surface area contributed by atoms with Crippen molar-refractivity contribution in [1.29, 1.82) is 0 Å². The van der Waals surface area contributed by atoms with E-state index in [0.29, 0.717) is 16.9 Å². The molecule has 2 aromatic carbocycles. The van der Waals surface area contributed by atoms with Gasteiger partial charge in [0.05, 0.1) is 23.6 Å². The molecule has 1 heterocycles. The van der Waals surface area contributed by atoms with Crippen LogP contribution in [0.4, 0.5) is 11.4 Å². The fourth-order valence-electron chi connectivity index (χ4n) is 3.06. The maximum atomic E-state index is 12.7. The number of Topliss-reactive ketones (excluding diaryl/α,β-unsaturated/α-hetero) is 1. The Kier molecular flexibility index (Phi) is 5.94. The highest BCUT2D eigenvalue weighted by atomic mass is 32.2. The number of hydrogen-bond donors (Lipinski definition) is 1.